The van der Waals surface area contributed by atoms with Crippen molar-refractivity contribution in [1.82, 2.24) is 4.72 Å². The molecule has 0 bridgehead atoms. The van der Waals surface area contributed by atoms with Gasteiger partial charge in [-0.1, -0.05) is 18.2 Å². The fourth-order valence-corrected chi connectivity index (χ4v) is 3.64. The van der Waals surface area contributed by atoms with Crippen LogP contribution in [0.4, 0.5) is 0 Å². The highest BCUT2D eigenvalue weighted by Crippen LogP contribution is 2.28. The molecule has 2 aromatic carbocycles. The van der Waals surface area contributed by atoms with Gasteiger partial charge in [0.05, 0.1) is 31.6 Å². The highest BCUT2D eigenvalue weighted by Gasteiger charge is 2.14. The van der Waals surface area contributed by atoms with E-state index in [0.717, 1.165) is 5.56 Å². The van der Waals surface area contributed by atoms with Gasteiger partial charge in [-0.2, -0.15) is 0 Å². The molecule has 0 unspecified atom stereocenters. The number of rotatable bonds is 10. The summed E-state index contributed by atoms with van der Waals surface area (Å²) in [6.45, 7) is 4.89. The molecule has 0 aliphatic rings. The first-order valence-electron chi connectivity index (χ1n) is 8.91. The minimum atomic E-state index is -3.56. The van der Waals surface area contributed by atoms with Crippen molar-refractivity contribution in [1.29, 1.82) is 0 Å². The first kappa shape index (κ1) is 21.7. The summed E-state index contributed by atoms with van der Waals surface area (Å²) in [5, 5.41) is 0. The van der Waals surface area contributed by atoms with E-state index >= 15 is 0 Å². The summed E-state index contributed by atoms with van der Waals surface area (Å²) in [6.07, 6.45) is 0. The summed E-state index contributed by atoms with van der Waals surface area (Å²) in [5.74, 6) is 0.554. The predicted octanol–water partition coefficient (Wildman–Crippen LogP) is 2.89. The van der Waals surface area contributed by atoms with Crippen molar-refractivity contribution in [2.45, 2.75) is 26.1 Å². The van der Waals surface area contributed by atoms with Crippen molar-refractivity contribution in [2.24, 2.45) is 0 Å². The molecule has 0 fully saturated rings. The second kappa shape index (κ2) is 10.1. The lowest BCUT2D eigenvalue weighted by Crippen LogP contribution is -2.24. The van der Waals surface area contributed by atoms with Crippen molar-refractivity contribution in [3.63, 3.8) is 0 Å². The quantitative estimate of drug-likeness (QED) is 0.609. The average Bonchev–Trinajstić information content (AvgIpc) is 2.68. The van der Waals surface area contributed by atoms with Gasteiger partial charge in [0.1, 0.15) is 0 Å². The minimum absolute atomic E-state index is 0.134. The molecule has 0 saturated carbocycles. The number of nitrogens with one attached hydrogen (secondary N) is 1. The van der Waals surface area contributed by atoms with E-state index in [9.17, 15) is 13.2 Å². The zero-order valence-corrected chi connectivity index (χ0v) is 17.0. The van der Waals surface area contributed by atoms with E-state index in [4.69, 9.17) is 9.47 Å². The average molecular weight is 407 g/mol. The van der Waals surface area contributed by atoms with E-state index in [1.165, 1.54) is 19.2 Å². The summed E-state index contributed by atoms with van der Waals surface area (Å²) in [4.78, 5) is 11.4. The number of esters is 1. The fraction of sp³-hybridized carbons (Fsp3) is 0.350. The molecule has 0 radical (unpaired) electrons. The lowest BCUT2D eigenvalue weighted by atomic mass is 10.1. The highest BCUT2D eigenvalue weighted by atomic mass is 32.2. The smallest absolute Gasteiger partial charge is 0.337 e. The third kappa shape index (κ3) is 6.24. The third-order valence-electron chi connectivity index (χ3n) is 3.84. The maximum absolute atomic E-state index is 12.4. The molecule has 0 spiro atoms. The van der Waals surface area contributed by atoms with Crippen LogP contribution in [0.5, 0.6) is 11.5 Å². The van der Waals surface area contributed by atoms with Crippen molar-refractivity contribution < 1.29 is 27.4 Å². The third-order valence-corrected chi connectivity index (χ3v) is 5.13. The molecule has 0 amide bonds. The van der Waals surface area contributed by atoms with Gasteiger partial charge in [0.15, 0.2) is 11.5 Å². The van der Waals surface area contributed by atoms with Gasteiger partial charge in [-0.3, -0.25) is 0 Å². The molecule has 1 N–H and O–H groups in total. The fourth-order valence-electron chi connectivity index (χ4n) is 2.52. The van der Waals surface area contributed by atoms with Gasteiger partial charge >= 0.3 is 5.97 Å². The van der Waals surface area contributed by atoms with Crippen LogP contribution in [-0.2, 0) is 27.1 Å². The van der Waals surface area contributed by atoms with Crippen LogP contribution in [0.3, 0.4) is 0 Å². The first-order chi connectivity index (χ1) is 13.4. The Labute approximate surface area is 165 Å². The van der Waals surface area contributed by atoms with E-state index in [1.54, 1.807) is 30.3 Å². The predicted molar refractivity (Wildman–Crippen MR) is 106 cm³/mol. The summed E-state index contributed by atoms with van der Waals surface area (Å²) in [7, 11) is -2.26. The molecule has 8 heteroatoms. The Balaban J connectivity index is 2.02. The van der Waals surface area contributed by atoms with Crippen LogP contribution in [0.15, 0.2) is 42.5 Å². The molecule has 0 aliphatic carbocycles. The Morgan fingerprint density at radius 2 is 1.54 bits per heavy atom. The van der Waals surface area contributed by atoms with E-state index < -0.39 is 16.0 Å². The van der Waals surface area contributed by atoms with Crippen molar-refractivity contribution in [3.8, 4) is 11.5 Å². The van der Waals surface area contributed by atoms with E-state index in [2.05, 4.69) is 9.46 Å². The SMILES string of the molecule is CCOc1ccc(CNS(=O)(=O)Cc2ccc(C(=O)OC)cc2)cc1OCC. The van der Waals surface area contributed by atoms with Gasteiger partial charge in [-0.05, 0) is 49.2 Å². The number of hydrogen-bond acceptors (Lipinski definition) is 6. The Kier molecular flexibility index (Phi) is 7.83. The van der Waals surface area contributed by atoms with Crippen molar-refractivity contribution in [3.05, 3.63) is 59.2 Å². The Morgan fingerprint density at radius 3 is 2.14 bits per heavy atom. The molecule has 2 aromatic rings. The van der Waals surface area contributed by atoms with E-state index in [-0.39, 0.29) is 12.3 Å². The van der Waals surface area contributed by atoms with Gasteiger partial charge in [0.2, 0.25) is 10.0 Å². The molecular formula is C20H25NO6S. The topological polar surface area (TPSA) is 90.9 Å². The summed E-state index contributed by atoms with van der Waals surface area (Å²) >= 11 is 0. The lowest BCUT2D eigenvalue weighted by Gasteiger charge is -2.13. The molecule has 152 valence electrons. The first-order valence-corrected chi connectivity index (χ1v) is 10.6. The zero-order valence-electron chi connectivity index (χ0n) is 16.2. The standard InChI is InChI=1S/C20H25NO6S/c1-4-26-18-11-8-16(12-19(18)27-5-2)13-21-28(23,24)14-15-6-9-17(10-7-15)20(22)25-3/h6-12,21H,4-5,13-14H2,1-3H3. The Hall–Kier alpha value is -2.58. The van der Waals surface area contributed by atoms with Gasteiger partial charge in [0, 0.05) is 6.54 Å². The van der Waals surface area contributed by atoms with Crippen LogP contribution in [0.2, 0.25) is 0 Å². The maximum atomic E-state index is 12.4. The maximum Gasteiger partial charge on any atom is 0.337 e. The summed E-state index contributed by atoms with van der Waals surface area (Å²) < 4.78 is 43.0. The van der Waals surface area contributed by atoms with Crippen LogP contribution in [0.1, 0.15) is 35.3 Å². The molecule has 0 aliphatic heterocycles. The second-order valence-corrected chi connectivity index (χ2v) is 7.72. The molecule has 0 atom stereocenters. The zero-order chi connectivity index (χ0) is 20.6. The lowest BCUT2D eigenvalue weighted by molar-refractivity contribution is 0.0600. The van der Waals surface area contributed by atoms with Gasteiger partial charge in [-0.25, -0.2) is 17.9 Å². The van der Waals surface area contributed by atoms with Crippen molar-refractivity contribution >= 4 is 16.0 Å². The van der Waals surface area contributed by atoms with Crippen LogP contribution in [0, 0.1) is 0 Å². The largest absolute Gasteiger partial charge is 0.490 e. The highest BCUT2D eigenvalue weighted by molar-refractivity contribution is 7.88. The Morgan fingerprint density at radius 1 is 0.929 bits per heavy atom. The number of carbonyl (C=O) groups excluding carboxylic acids is 1. The van der Waals surface area contributed by atoms with Crippen LogP contribution in [0.25, 0.3) is 0 Å². The molecule has 0 aromatic heterocycles. The number of carbonyl (C=O) groups is 1. The number of benzene rings is 2. The molecule has 0 heterocycles. The molecule has 7 nitrogen and oxygen atoms in total. The van der Waals surface area contributed by atoms with E-state index in [1.807, 2.05) is 13.8 Å². The molecular weight excluding hydrogens is 382 g/mol. The number of sulfonamides is 1. The second-order valence-electron chi connectivity index (χ2n) is 5.92. The van der Waals surface area contributed by atoms with Gasteiger partial charge in [-0.15, -0.1) is 0 Å². The van der Waals surface area contributed by atoms with Crippen LogP contribution < -0.4 is 14.2 Å². The van der Waals surface area contributed by atoms with Gasteiger partial charge in [0.25, 0.3) is 0 Å². The summed E-state index contributed by atoms with van der Waals surface area (Å²) in [6, 6.07) is 11.6. The van der Waals surface area contributed by atoms with Crippen LogP contribution in [-0.4, -0.2) is 34.7 Å². The van der Waals surface area contributed by atoms with Crippen molar-refractivity contribution in [2.75, 3.05) is 20.3 Å². The normalized spacial score (nSPS) is 11.1. The van der Waals surface area contributed by atoms with Gasteiger partial charge < -0.3 is 14.2 Å². The molecule has 0 saturated heterocycles. The number of hydrogen-bond donors (Lipinski definition) is 1. The van der Waals surface area contributed by atoms with E-state index in [0.29, 0.717) is 35.8 Å². The number of methoxy groups -OCH3 is 1. The number of ether oxygens (including phenoxy) is 3. The minimum Gasteiger partial charge on any atom is -0.490 e. The summed E-state index contributed by atoms with van der Waals surface area (Å²) in [5.41, 5.74) is 1.70. The monoisotopic (exact) mass is 407 g/mol. The van der Waals surface area contributed by atoms with Crippen LogP contribution >= 0.6 is 0 Å². The molecule has 28 heavy (non-hydrogen) atoms. The molecule has 2 rings (SSSR count). The Bertz CT molecular complexity index is 893.